The lowest BCUT2D eigenvalue weighted by atomic mass is 10.2. The van der Waals surface area contributed by atoms with E-state index in [4.69, 9.17) is 4.74 Å². The molecule has 0 aliphatic heterocycles. The van der Waals surface area contributed by atoms with Crippen LogP contribution in [0.25, 0.3) is 0 Å². The molecule has 2 N–H and O–H groups in total. The van der Waals surface area contributed by atoms with Crippen LogP contribution in [0, 0.1) is 0 Å². The summed E-state index contributed by atoms with van der Waals surface area (Å²) in [6.07, 6.45) is 2.92. The average Bonchev–Trinajstić information content (AvgIpc) is 2.20. The van der Waals surface area contributed by atoms with Gasteiger partial charge < -0.3 is 15.4 Å². The van der Waals surface area contributed by atoms with Crippen LogP contribution in [0.3, 0.4) is 0 Å². The molecule has 0 fully saturated rings. The quantitative estimate of drug-likeness (QED) is 0.691. The summed E-state index contributed by atoms with van der Waals surface area (Å²) in [6, 6.07) is 0. The normalized spacial score (nSPS) is 13.2. The maximum Gasteiger partial charge on any atom is 0.407 e. The molecule has 0 saturated heterocycles. The van der Waals surface area contributed by atoms with Crippen molar-refractivity contribution in [3.05, 3.63) is 0 Å². The summed E-state index contributed by atoms with van der Waals surface area (Å²) in [5.74, 6) is 0. The zero-order valence-electron chi connectivity index (χ0n) is 11.6. The standard InChI is InChI=1S/C12H26N2O2S/c1-10(17-5)6-7-13-8-9-14-11(15)16-12(2,3)4/h10,13H,6-9H2,1-5H3,(H,14,15). The Bertz CT molecular complexity index is 217. The van der Waals surface area contributed by atoms with Crippen molar-refractivity contribution in [2.24, 2.45) is 0 Å². The molecule has 1 amide bonds. The molecule has 102 valence electrons. The first kappa shape index (κ1) is 16.6. The Labute approximate surface area is 109 Å². The van der Waals surface area contributed by atoms with E-state index in [2.05, 4.69) is 23.8 Å². The lowest BCUT2D eigenvalue weighted by molar-refractivity contribution is 0.0528. The van der Waals surface area contributed by atoms with Gasteiger partial charge in [0.1, 0.15) is 5.60 Å². The van der Waals surface area contributed by atoms with Gasteiger partial charge in [-0.15, -0.1) is 0 Å². The van der Waals surface area contributed by atoms with E-state index in [9.17, 15) is 4.79 Å². The average molecular weight is 262 g/mol. The predicted molar refractivity (Wildman–Crippen MR) is 74.7 cm³/mol. The highest BCUT2D eigenvalue weighted by molar-refractivity contribution is 7.99. The monoisotopic (exact) mass is 262 g/mol. The van der Waals surface area contributed by atoms with Crippen molar-refractivity contribution in [1.29, 1.82) is 0 Å². The van der Waals surface area contributed by atoms with Crippen LogP contribution in [-0.2, 0) is 4.74 Å². The van der Waals surface area contributed by atoms with Crippen LogP contribution in [0.5, 0.6) is 0 Å². The maximum atomic E-state index is 11.3. The highest BCUT2D eigenvalue weighted by Gasteiger charge is 2.15. The zero-order chi connectivity index (χ0) is 13.3. The van der Waals surface area contributed by atoms with Crippen molar-refractivity contribution >= 4 is 17.9 Å². The summed E-state index contributed by atoms with van der Waals surface area (Å²) in [5, 5.41) is 6.68. The van der Waals surface area contributed by atoms with E-state index in [1.807, 2.05) is 32.5 Å². The molecule has 4 nitrogen and oxygen atoms in total. The van der Waals surface area contributed by atoms with E-state index in [1.54, 1.807) is 0 Å². The minimum atomic E-state index is -0.425. The van der Waals surface area contributed by atoms with E-state index >= 15 is 0 Å². The topological polar surface area (TPSA) is 50.4 Å². The molecule has 0 spiro atoms. The number of carbonyl (C=O) groups excluding carboxylic acids is 1. The Morgan fingerprint density at radius 3 is 2.47 bits per heavy atom. The zero-order valence-corrected chi connectivity index (χ0v) is 12.4. The molecule has 0 heterocycles. The molecule has 0 aromatic heterocycles. The molecule has 0 rings (SSSR count). The summed E-state index contributed by atoms with van der Waals surface area (Å²) in [5.41, 5.74) is -0.425. The highest BCUT2D eigenvalue weighted by atomic mass is 32.2. The van der Waals surface area contributed by atoms with E-state index in [1.165, 1.54) is 0 Å². The fraction of sp³-hybridized carbons (Fsp3) is 0.917. The van der Waals surface area contributed by atoms with Gasteiger partial charge in [0.05, 0.1) is 0 Å². The van der Waals surface area contributed by atoms with E-state index in [-0.39, 0.29) is 6.09 Å². The van der Waals surface area contributed by atoms with Gasteiger partial charge in [0.15, 0.2) is 0 Å². The lowest BCUT2D eigenvalue weighted by Gasteiger charge is -2.19. The van der Waals surface area contributed by atoms with Crippen molar-refractivity contribution < 1.29 is 9.53 Å². The minimum absolute atomic E-state index is 0.350. The lowest BCUT2D eigenvalue weighted by Crippen LogP contribution is -2.36. The molecular formula is C12H26N2O2S. The molecule has 0 aliphatic carbocycles. The van der Waals surface area contributed by atoms with Gasteiger partial charge in [-0.3, -0.25) is 0 Å². The minimum Gasteiger partial charge on any atom is -0.444 e. The Balaban J connectivity index is 3.37. The van der Waals surface area contributed by atoms with Crippen LogP contribution in [0.15, 0.2) is 0 Å². The Hall–Kier alpha value is -0.420. The van der Waals surface area contributed by atoms with Crippen LogP contribution >= 0.6 is 11.8 Å². The van der Waals surface area contributed by atoms with Gasteiger partial charge in [0.25, 0.3) is 0 Å². The van der Waals surface area contributed by atoms with E-state index in [0.717, 1.165) is 19.5 Å². The molecule has 0 bridgehead atoms. The van der Waals surface area contributed by atoms with Gasteiger partial charge in [-0.2, -0.15) is 11.8 Å². The molecular weight excluding hydrogens is 236 g/mol. The van der Waals surface area contributed by atoms with Crippen LogP contribution in [0.4, 0.5) is 4.79 Å². The number of nitrogens with one attached hydrogen (secondary N) is 2. The van der Waals surface area contributed by atoms with Crippen molar-refractivity contribution in [2.75, 3.05) is 25.9 Å². The summed E-state index contributed by atoms with van der Waals surface area (Å²) in [4.78, 5) is 11.3. The first-order valence-electron chi connectivity index (χ1n) is 6.05. The number of hydrogen-bond donors (Lipinski definition) is 2. The van der Waals surface area contributed by atoms with Gasteiger partial charge >= 0.3 is 6.09 Å². The SMILES string of the molecule is CSC(C)CCNCCNC(=O)OC(C)(C)C. The van der Waals surface area contributed by atoms with Crippen LogP contribution < -0.4 is 10.6 Å². The van der Waals surface area contributed by atoms with Crippen LogP contribution in [0.2, 0.25) is 0 Å². The number of ether oxygens (including phenoxy) is 1. The first-order valence-corrected chi connectivity index (χ1v) is 7.34. The first-order chi connectivity index (χ1) is 7.85. The van der Waals surface area contributed by atoms with Gasteiger partial charge in [0, 0.05) is 18.3 Å². The number of alkyl carbamates (subject to hydrolysis) is 1. The Kier molecular flexibility index (Phi) is 8.43. The third-order valence-electron chi connectivity index (χ3n) is 2.10. The second kappa shape index (κ2) is 8.64. The van der Waals surface area contributed by atoms with Crippen molar-refractivity contribution in [1.82, 2.24) is 10.6 Å². The molecule has 0 aliphatic rings. The smallest absolute Gasteiger partial charge is 0.407 e. The third kappa shape index (κ3) is 11.8. The maximum absolute atomic E-state index is 11.3. The number of hydrogen-bond acceptors (Lipinski definition) is 4. The number of thioether (sulfide) groups is 1. The number of carbonyl (C=O) groups is 1. The number of rotatable bonds is 7. The third-order valence-corrected chi connectivity index (χ3v) is 3.14. The van der Waals surface area contributed by atoms with Gasteiger partial charge in [0.2, 0.25) is 0 Å². The van der Waals surface area contributed by atoms with Crippen molar-refractivity contribution in [3.8, 4) is 0 Å². The summed E-state index contributed by atoms with van der Waals surface area (Å²) in [7, 11) is 0. The van der Waals surface area contributed by atoms with Crippen LogP contribution in [0.1, 0.15) is 34.1 Å². The largest absolute Gasteiger partial charge is 0.444 e. The van der Waals surface area contributed by atoms with Crippen molar-refractivity contribution in [3.63, 3.8) is 0 Å². The van der Waals surface area contributed by atoms with Gasteiger partial charge in [-0.05, 0) is 40.0 Å². The van der Waals surface area contributed by atoms with Crippen LogP contribution in [-0.4, -0.2) is 42.8 Å². The second-order valence-electron chi connectivity index (χ2n) is 5.01. The molecule has 0 aromatic carbocycles. The van der Waals surface area contributed by atoms with Gasteiger partial charge in [-0.1, -0.05) is 6.92 Å². The number of amides is 1. The predicted octanol–water partition coefficient (Wildman–Crippen LogP) is 2.24. The molecule has 0 radical (unpaired) electrons. The molecule has 5 heteroatoms. The Morgan fingerprint density at radius 2 is 1.94 bits per heavy atom. The Morgan fingerprint density at radius 1 is 1.29 bits per heavy atom. The summed E-state index contributed by atoms with van der Waals surface area (Å²) in [6.45, 7) is 10.1. The second-order valence-corrected chi connectivity index (χ2v) is 6.29. The van der Waals surface area contributed by atoms with Gasteiger partial charge in [-0.25, -0.2) is 4.79 Å². The summed E-state index contributed by atoms with van der Waals surface area (Å²) >= 11 is 1.87. The summed E-state index contributed by atoms with van der Waals surface area (Å²) < 4.78 is 5.12. The van der Waals surface area contributed by atoms with E-state index < -0.39 is 5.60 Å². The molecule has 17 heavy (non-hydrogen) atoms. The van der Waals surface area contributed by atoms with E-state index in [0.29, 0.717) is 11.8 Å². The fourth-order valence-corrected chi connectivity index (χ4v) is 1.47. The highest BCUT2D eigenvalue weighted by Crippen LogP contribution is 2.07. The molecule has 0 saturated carbocycles. The molecule has 0 aromatic rings. The molecule has 1 atom stereocenters. The fourth-order valence-electron chi connectivity index (χ4n) is 1.12. The molecule has 1 unspecified atom stereocenters. The van der Waals surface area contributed by atoms with Crippen molar-refractivity contribution in [2.45, 2.75) is 45.0 Å².